The summed E-state index contributed by atoms with van der Waals surface area (Å²) in [4.78, 5) is 25.1. The van der Waals surface area contributed by atoms with E-state index in [0.717, 1.165) is 6.07 Å². The molecule has 0 bridgehead atoms. The third-order valence-corrected chi connectivity index (χ3v) is 4.42. The van der Waals surface area contributed by atoms with Gasteiger partial charge in [-0.15, -0.1) is 0 Å². The molecule has 1 unspecified atom stereocenters. The van der Waals surface area contributed by atoms with Crippen molar-refractivity contribution in [2.75, 3.05) is 5.32 Å². The average molecular weight is 406 g/mol. The van der Waals surface area contributed by atoms with Crippen LogP contribution in [0.5, 0.6) is 11.5 Å². The van der Waals surface area contributed by atoms with Crippen molar-refractivity contribution in [1.82, 2.24) is 5.32 Å². The Labute approximate surface area is 174 Å². The lowest BCUT2D eigenvalue weighted by Crippen LogP contribution is -2.47. The average Bonchev–Trinajstić information content (AvgIpc) is 2.73. The van der Waals surface area contributed by atoms with Crippen LogP contribution in [0.2, 0.25) is 0 Å². The van der Waals surface area contributed by atoms with E-state index in [1.807, 2.05) is 44.2 Å². The van der Waals surface area contributed by atoms with Crippen molar-refractivity contribution in [3.8, 4) is 11.5 Å². The molecule has 3 aromatic carbocycles. The molecule has 0 aliphatic heterocycles. The number of ether oxygens (including phenoxy) is 1. The second kappa shape index (κ2) is 9.69. The Bertz CT molecular complexity index is 1000. The number of hydrogen-bond acceptors (Lipinski definition) is 3. The maximum atomic E-state index is 13.4. The first-order valence-corrected chi connectivity index (χ1v) is 9.62. The molecule has 2 N–H and O–H groups in total. The Morgan fingerprint density at radius 3 is 2.17 bits per heavy atom. The number of halogens is 1. The van der Waals surface area contributed by atoms with Crippen LogP contribution in [0.1, 0.15) is 24.2 Å². The lowest BCUT2D eigenvalue weighted by Gasteiger charge is -2.22. The van der Waals surface area contributed by atoms with Crippen molar-refractivity contribution >= 4 is 17.5 Å². The SMILES string of the molecule is CC(C)C(NC(=O)c1cccc(F)c1)C(=O)Nc1ccc(Oc2ccccc2)cc1. The molecule has 0 spiro atoms. The molecule has 0 heterocycles. The van der Waals surface area contributed by atoms with Crippen molar-refractivity contribution in [3.05, 3.63) is 90.2 Å². The van der Waals surface area contributed by atoms with Crippen LogP contribution in [0, 0.1) is 11.7 Å². The smallest absolute Gasteiger partial charge is 0.252 e. The van der Waals surface area contributed by atoms with Gasteiger partial charge in [-0.3, -0.25) is 9.59 Å². The Morgan fingerprint density at radius 1 is 0.867 bits per heavy atom. The molecule has 6 heteroatoms. The van der Waals surface area contributed by atoms with Crippen LogP contribution in [0.15, 0.2) is 78.9 Å². The van der Waals surface area contributed by atoms with Gasteiger partial charge in [-0.2, -0.15) is 0 Å². The molecule has 154 valence electrons. The van der Waals surface area contributed by atoms with Crippen LogP contribution >= 0.6 is 0 Å². The molecule has 2 amide bonds. The first kappa shape index (κ1) is 21.0. The zero-order valence-corrected chi connectivity index (χ0v) is 16.8. The lowest BCUT2D eigenvalue weighted by atomic mass is 10.0. The molecule has 5 nitrogen and oxygen atoms in total. The topological polar surface area (TPSA) is 67.4 Å². The van der Waals surface area contributed by atoms with E-state index in [4.69, 9.17) is 4.74 Å². The highest BCUT2D eigenvalue weighted by Crippen LogP contribution is 2.23. The van der Waals surface area contributed by atoms with Crippen molar-refractivity contribution < 1.29 is 18.7 Å². The monoisotopic (exact) mass is 406 g/mol. The number of anilines is 1. The molecule has 0 aliphatic rings. The van der Waals surface area contributed by atoms with Gasteiger partial charge in [0.15, 0.2) is 0 Å². The summed E-state index contributed by atoms with van der Waals surface area (Å²) < 4.78 is 19.1. The van der Waals surface area contributed by atoms with Gasteiger partial charge in [-0.05, 0) is 60.5 Å². The van der Waals surface area contributed by atoms with Crippen LogP contribution in [0.3, 0.4) is 0 Å². The van der Waals surface area contributed by atoms with Crippen LogP contribution in [0.25, 0.3) is 0 Å². The Morgan fingerprint density at radius 2 is 1.53 bits per heavy atom. The first-order valence-electron chi connectivity index (χ1n) is 9.62. The van der Waals surface area contributed by atoms with Gasteiger partial charge >= 0.3 is 0 Å². The predicted molar refractivity (Wildman–Crippen MR) is 114 cm³/mol. The van der Waals surface area contributed by atoms with E-state index >= 15 is 0 Å². The highest BCUT2D eigenvalue weighted by molar-refractivity contribution is 6.01. The number of carbonyl (C=O) groups is 2. The zero-order chi connectivity index (χ0) is 21.5. The zero-order valence-electron chi connectivity index (χ0n) is 16.8. The van der Waals surface area contributed by atoms with Crippen LogP contribution in [-0.2, 0) is 4.79 Å². The molecule has 3 aromatic rings. The molecule has 0 aliphatic carbocycles. The second-order valence-electron chi connectivity index (χ2n) is 7.13. The van der Waals surface area contributed by atoms with Crippen molar-refractivity contribution in [2.24, 2.45) is 5.92 Å². The maximum Gasteiger partial charge on any atom is 0.252 e. The normalized spacial score (nSPS) is 11.6. The fourth-order valence-electron chi connectivity index (χ4n) is 2.84. The Kier molecular flexibility index (Phi) is 6.80. The van der Waals surface area contributed by atoms with Gasteiger partial charge in [0.1, 0.15) is 23.4 Å². The van der Waals surface area contributed by atoms with E-state index in [9.17, 15) is 14.0 Å². The number of para-hydroxylation sites is 1. The second-order valence-corrected chi connectivity index (χ2v) is 7.13. The van der Waals surface area contributed by atoms with E-state index < -0.39 is 17.8 Å². The summed E-state index contributed by atoms with van der Waals surface area (Å²) in [5, 5.41) is 5.48. The summed E-state index contributed by atoms with van der Waals surface area (Å²) in [6, 6.07) is 20.9. The third-order valence-electron chi connectivity index (χ3n) is 4.42. The number of benzene rings is 3. The van der Waals surface area contributed by atoms with Crippen molar-refractivity contribution in [3.63, 3.8) is 0 Å². The first-order chi connectivity index (χ1) is 14.4. The predicted octanol–water partition coefficient (Wildman–Crippen LogP) is 5.01. The van der Waals surface area contributed by atoms with E-state index in [1.54, 1.807) is 24.3 Å². The molecular weight excluding hydrogens is 383 g/mol. The molecular formula is C24H23FN2O3. The molecule has 3 rings (SSSR count). The van der Waals surface area contributed by atoms with Gasteiger partial charge < -0.3 is 15.4 Å². The highest BCUT2D eigenvalue weighted by atomic mass is 19.1. The van der Waals surface area contributed by atoms with E-state index in [0.29, 0.717) is 17.2 Å². The summed E-state index contributed by atoms with van der Waals surface area (Å²) in [6.45, 7) is 3.65. The van der Waals surface area contributed by atoms with Gasteiger partial charge in [-0.1, -0.05) is 38.1 Å². The molecule has 30 heavy (non-hydrogen) atoms. The summed E-state index contributed by atoms with van der Waals surface area (Å²) in [7, 11) is 0. The number of rotatable bonds is 7. The summed E-state index contributed by atoms with van der Waals surface area (Å²) in [5.74, 6) is -0.177. The number of hydrogen-bond donors (Lipinski definition) is 2. The fourth-order valence-corrected chi connectivity index (χ4v) is 2.84. The lowest BCUT2D eigenvalue weighted by molar-refractivity contribution is -0.118. The number of nitrogens with one attached hydrogen (secondary N) is 2. The van der Waals surface area contributed by atoms with Crippen molar-refractivity contribution in [2.45, 2.75) is 19.9 Å². The summed E-state index contributed by atoms with van der Waals surface area (Å²) >= 11 is 0. The molecule has 0 aromatic heterocycles. The molecule has 0 radical (unpaired) electrons. The van der Waals surface area contributed by atoms with E-state index in [1.165, 1.54) is 18.2 Å². The molecule has 1 atom stereocenters. The summed E-state index contributed by atoms with van der Waals surface area (Å²) in [5.41, 5.74) is 0.738. The van der Waals surface area contributed by atoms with Gasteiger partial charge in [0, 0.05) is 11.3 Å². The highest BCUT2D eigenvalue weighted by Gasteiger charge is 2.25. The largest absolute Gasteiger partial charge is 0.457 e. The minimum Gasteiger partial charge on any atom is -0.457 e. The standard InChI is InChI=1S/C24H23FN2O3/c1-16(2)22(27-23(28)17-7-6-8-18(25)15-17)24(29)26-19-11-13-21(14-12-19)30-20-9-4-3-5-10-20/h3-16,22H,1-2H3,(H,26,29)(H,27,28). The Hall–Kier alpha value is -3.67. The fraction of sp³-hybridized carbons (Fsp3) is 0.167. The number of amides is 2. The molecule has 0 saturated heterocycles. The Balaban J connectivity index is 1.64. The van der Waals surface area contributed by atoms with E-state index in [-0.39, 0.29) is 17.4 Å². The maximum absolute atomic E-state index is 13.4. The van der Waals surface area contributed by atoms with Gasteiger partial charge in [0.05, 0.1) is 0 Å². The number of carbonyl (C=O) groups excluding carboxylic acids is 2. The van der Waals surface area contributed by atoms with Gasteiger partial charge in [-0.25, -0.2) is 4.39 Å². The van der Waals surface area contributed by atoms with Gasteiger partial charge in [0.2, 0.25) is 5.91 Å². The van der Waals surface area contributed by atoms with Crippen LogP contribution in [-0.4, -0.2) is 17.9 Å². The molecule has 0 fully saturated rings. The minimum absolute atomic E-state index is 0.163. The summed E-state index contributed by atoms with van der Waals surface area (Å²) in [6.07, 6.45) is 0. The van der Waals surface area contributed by atoms with Gasteiger partial charge in [0.25, 0.3) is 5.91 Å². The quantitative estimate of drug-likeness (QED) is 0.580. The third kappa shape index (κ3) is 5.67. The van der Waals surface area contributed by atoms with Crippen LogP contribution < -0.4 is 15.4 Å². The van der Waals surface area contributed by atoms with Crippen LogP contribution in [0.4, 0.5) is 10.1 Å². The molecule has 0 saturated carbocycles. The minimum atomic E-state index is -0.777. The van der Waals surface area contributed by atoms with Crippen molar-refractivity contribution in [1.29, 1.82) is 0 Å². The van der Waals surface area contributed by atoms with E-state index in [2.05, 4.69) is 10.6 Å².